The highest BCUT2D eigenvalue weighted by Gasteiger charge is 2.30. The minimum absolute atomic E-state index is 0.0655. The van der Waals surface area contributed by atoms with Gasteiger partial charge >= 0.3 is 6.03 Å². The van der Waals surface area contributed by atoms with Crippen molar-refractivity contribution in [3.8, 4) is 0 Å². The van der Waals surface area contributed by atoms with Crippen molar-refractivity contribution in [1.82, 2.24) is 24.8 Å². The average molecular weight is 483 g/mol. The molecule has 10 nitrogen and oxygen atoms in total. The van der Waals surface area contributed by atoms with E-state index in [1.54, 1.807) is 5.51 Å². The number of urea groups is 1. The molecule has 2 amide bonds. The Kier molecular flexibility index (Phi) is 6.48. The topological polar surface area (TPSA) is 113 Å². The van der Waals surface area contributed by atoms with Crippen molar-refractivity contribution in [2.24, 2.45) is 0 Å². The minimum atomic E-state index is -0.0865. The maximum atomic E-state index is 13.1. The third-order valence-electron chi connectivity index (χ3n) is 6.43. The number of anilines is 3. The van der Waals surface area contributed by atoms with Gasteiger partial charge < -0.3 is 25.6 Å². The van der Waals surface area contributed by atoms with Crippen molar-refractivity contribution >= 4 is 45.2 Å². The molecule has 4 heterocycles. The fourth-order valence-electron chi connectivity index (χ4n) is 4.60. The Bertz CT molecular complexity index is 1180. The van der Waals surface area contributed by atoms with Crippen LogP contribution in [0.5, 0.6) is 0 Å². The van der Waals surface area contributed by atoms with Crippen LogP contribution in [0.1, 0.15) is 18.1 Å². The number of carbonyl (C=O) groups excluding carboxylic acids is 1. The normalized spacial score (nSPS) is 19.5. The van der Waals surface area contributed by atoms with Gasteiger partial charge in [-0.1, -0.05) is 12.1 Å². The lowest BCUT2D eigenvalue weighted by Crippen LogP contribution is -2.55. The summed E-state index contributed by atoms with van der Waals surface area (Å²) < 4.78 is 5.43. The number of nitrogens with one attached hydrogen (secondary N) is 1. The molecule has 1 atom stereocenters. The van der Waals surface area contributed by atoms with Gasteiger partial charge in [0.05, 0.1) is 18.7 Å². The molecule has 5 rings (SSSR count). The Morgan fingerprint density at radius 2 is 2.06 bits per heavy atom. The van der Waals surface area contributed by atoms with Crippen LogP contribution in [0.25, 0.3) is 10.3 Å². The maximum Gasteiger partial charge on any atom is 0.321 e. The van der Waals surface area contributed by atoms with E-state index in [2.05, 4.69) is 49.1 Å². The first-order chi connectivity index (χ1) is 16.5. The molecule has 0 bridgehead atoms. The van der Waals surface area contributed by atoms with E-state index >= 15 is 0 Å². The highest BCUT2D eigenvalue weighted by Crippen LogP contribution is 2.29. The van der Waals surface area contributed by atoms with Gasteiger partial charge in [0.1, 0.15) is 5.52 Å². The van der Waals surface area contributed by atoms with Gasteiger partial charge in [-0.05, 0) is 31.0 Å². The molecule has 3 aromatic rings. The van der Waals surface area contributed by atoms with E-state index in [-0.39, 0.29) is 18.0 Å². The average Bonchev–Trinajstić information content (AvgIpc) is 3.29. The minimum Gasteiger partial charge on any atom is -0.379 e. The van der Waals surface area contributed by atoms with Crippen molar-refractivity contribution in [3.05, 3.63) is 34.8 Å². The predicted molar refractivity (Wildman–Crippen MR) is 134 cm³/mol. The summed E-state index contributed by atoms with van der Waals surface area (Å²) in [7, 11) is 0. The number of amides is 2. The third kappa shape index (κ3) is 4.77. The maximum absolute atomic E-state index is 13.1. The van der Waals surface area contributed by atoms with E-state index in [0.717, 1.165) is 60.3 Å². The number of fused-ring (bicyclic) bond motifs is 1. The van der Waals surface area contributed by atoms with Crippen molar-refractivity contribution in [2.45, 2.75) is 26.4 Å². The summed E-state index contributed by atoms with van der Waals surface area (Å²) in [6.45, 7) is 10.3. The van der Waals surface area contributed by atoms with Crippen LogP contribution in [0.15, 0.2) is 23.7 Å². The Balaban J connectivity index is 1.22. The van der Waals surface area contributed by atoms with E-state index < -0.39 is 0 Å². The number of thiazole rings is 1. The van der Waals surface area contributed by atoms with Gasteiger partial charge in [0, 0.05) is 51.0 Å². The van der Waals surface area contributed by atoms with Gasteiger partial charge in [-0.25, -0.2) is 14.8 Å². The molecule has 0 radical (unpaired) electrons. The number of hydrogen-bond acceptors (Lipinski definition) is 9. The number of aryl methyl sites for hydroxylation is 1. The second-order valence-electron chi connectivity index (χ2n) is 8.87. The summed E-state index contributed by atoms with van der Waals surface area (Å²) in [5, 5.41) is 3.10. The molecule has 1 unspecified atom stereocenters. The Hall–Kier alpha value is -3.02. The van der Waals surface area contributed by atoms with Gasteiger partial charge in [0.15, 0.2) is 10.6 Å². The quantitative estimate of drug-likeness (QED) is 0.583. The molecule has 2 saturated heterocycles. The van der Waals surface area contributed by atoms with E-state index in [1.165, 1.54) is 16.9 Å². The number of nitrogen functional groups attached to an aromatic ring is 1. The molecule has 2 aliphatic heterocycles. The van der Waals surface area contributed by atoms with Crippen molar-refractivity contribution in [3.63, 3.8) is 0 Å². The zero-order valence-corrected chi connectivity index (χ0v) is 20.3. The number of aromatic nitrogens is 3. The first-order valence-corrected chi connectivity index (χ1v) is 12.4. The Morgan fingerprint density at radius 1 is 1.24 bits per heavy atom. The number of hydrogen-bond donors (Lipinski definition) is 2. The summed E-state index contributed by atoms with van der Waals surface area (Å²) >= 11 is 1.45. The highest BCUT2D eigenvalue weighted by molar-refractivity contribution is 7.16. The molecular weight excluding hydrogens is 452 g/mol. The van der Waals surface area contributed by atoms with Gasteiger partial charge in [0.25, 0.3) is 0 Å². The number of piperazine rings is 1. The van der Waals surface area contributed by atoms with Crippen LogP contribution in [0.2, 0.25) is 0 Å². The summed E-state index contributed by atoms with van der Waals surface area (Å²) in [5.41, 5.74) is 11.6. The van der Waals surface area contributed by atoms with Crippen molar-refractivity contribution in [1.29, 1.82) is 0 Å². The zero-order chi connectivity index (χ0) is 23.7. The zero-order valence-electron chi connectivity index (χ0n) is 19.5. The lowest BCUT2D eigenvalue weighted by Gasteiger charge is -2.40. The van der Waals surface area contributed by atoms with Crippen LogP contribution in [0, 0.1) is 6.92 Å². The monoisotopic (exact) mass is 482 g/mol. The molecule has 34 heavy (non-hydrogen) atoms. The first-order valence-electron chi connectivity index (χ1n) is 11.6. The number of benzene rings is 1. The smallest absolute Gasteiger partial charge is 0.321 e. The van der Waals surface area contributed by atoms with E-state index in [0.29, 0.717) is 19.6 Å². The predicted octanol–water partition coefficient (Wildman–Crippen LogP) is 2.55. The summed E-state index contributed by atoms with van der Waals surface area (Å²) in [5.74, 6) is 0.981. The molecule has 2 fully saturated rings. The van der Waals surface area contributed by atoms with Crippen molar-refractivity contribution < 1.29 is 9.53 Å². The standard InChI is InChI=1S/C23H30N8O2S/c1-15-11-17(13-29-7-9-33-10-8-29)3-4-18(15)26-23(32)30-5-6-31(16(2)12-30)20-19-21(34-14-25-19)28-22(24)27-20/h3-4,11,14,16H,5-10,12-13H2,1-2H3,(H,26,32)(H2,24,27,28). The molecule has 11 heteroatoms. The van der Waals surface area contributed by atoms with Crippen LogP contribution >= 0.6 is 11.3 Å². The van der Waals surface area contributed by atoms with Crippen LogP contribution < -0.4 is 16.0 Å². The molecule has 2 aromatic heterocycles. The number of ether oxygens (including phenoxy) is 1. The molecule has 180 valence electrons. The van der Waals surface area contributed by atoms with Crippen LogP contribution in [0.3, 0.4) is 0 Å². The van der Waals surface area contributed by atoms with Crippen LogP contribution in [-0.2, 0) is 11.3 Å². The fraction of sp³-hybridized carbons (Fsp3) is 0.478. The van der Waals surface area contributed by atoms with Gasteiger partial charge in [-0.2, -0.15) is 4.98 Å². The summed E-state index contributed by atoms with van der Waals surface area (Å²) in [4.78, 5) is 33.4. The van der Waals surface area contributed by atoms with E-state index in [4.69, 9.17) is 10.5 Å². The molecule has 0 aliphatic carbocycles. The molecule has 1 aromatic carbocycles. The lowest BCUT2D eigenvalue weighted by molar-refractivity contribution is 0.0342. The molecule has 3 N–H and O–H groups in total. The molecule has 2 aliphatic rings. The fourth-order valence-corrected chi connectivity index (χ4v) is 5.26. The Morgan fingerprint density at radius 3 is 2.82 bits per heavy atom. The third-order valence-corrected chi connectivity index (χ3v) is 7.14. The van der Waals surface area contributed by atoms with Gasteiger partial charge in [0.2, 0.25) is 5.95 Å². The second kappa shape index (κ2) is 9.69. The highest BCUT2D eigenvalue weighted by atomic mass is 32.1. The van der Waals surface area contributed by atoms with Gasteiger partial charge in [-0.15, -0.1) is 11.3 Å². The second-order valence-corrected chi connectivity index (χ2v) is 9.70. The van der Waals surface area contributed by atoms with Crippen molar-refractivity contribution in [2.75, 3.05) is 61.9 Å². The van der Waals surface area contributed by atoms with Crippen LogP contribution in [0.4, 0.5) is 22.2 Å². The summed E-state index contributed by atoms with van der Waals surface area (Å²) in [6, 6.07) is 6.24. The number of rotatable bonds is 4. The number of morpholine rings is 1. The largest absolute Gasteiger partial charge is 0.379 e. The number of nitrogens with zero attached hydrogens (tertiary/aromatic N) is 6. The Labute approximate surface area is 202 Å². The molecule has 0 saturated carbocycles. The first kappa shape index (κ1) is 22.8. The summed E-state index contributed by atoms with van der Waals surface area (Å²) in [6.07, 6.45) is 0. The van der Waals surface area contributed by atoms with Gasteiger partial charge in [-0.3, -0.25) is 4.90 Å². The molecule has 0 spiro atoms. The lowest BCUT2D eigenvalue weighted by atomic mass is 10.1. The number of carbonyl (C=O) groups is 1. The number of nitrogens with two attached hydrogens (primary N) is 1. The van der Waals surface area contributed by atoms with E-state index in [9.17, 15) is 4.79 Å². The van der Waals surface area contributed by atoms with Crippen LogP contribution in [-0.4, -0.2) is 82.8 Å². The SMILES string of the molecule is Cc1cc(CN2CCOCC2)ccc1NC(=O)N1CCN(c2nc(N)nc3scnc23)C(C)C1. The van der Waals surface area contributed by atoms with E-state index in [1.807, 2.05) is 17.9 Å². The molecular formula is C23H30N8O2S.